The Labute approximate surface area is 142 Å². The molecule has 1 aliphatic carbocycles. The van der Waals surface area contributed by atoms with Gasteiger partial charge in [-0.25, -0.2) is 8.78 Å². The first-order chi connectivity index (χ1) is 11.5. The number of rotatable bonds is 8. The smallest absolute Gasteiger partial charge is 0.191 e. The Kier molecular flexibility index (Phi) is 6.97. The fourth-order valence-corrected chi connectivity index (χ4v) is 2.61. The van der Waals surface area contributed by atoms with E-state index >= 15 is 0 Å². The molecular weight excluding hydrogens is 312 g/mol. The van der Waals surface area contributed by atoms with Crippen LogP contribution in [0, 0.1) is 17.6 Å². The molecule has 0 saturated heterocycles. The molecule has 1 aromatic rings. The molecule has 0 aliphatic heterocycles. The van der Waals surface area contributed by atoms with Crippen molar-refractivity contribution in [2.45, 2.75) is 38.6 Å². The van der Waals surface area contributed by atoms with E-state index in [0.717, 1.165) is 19.6 Å². The van der Waals surface area contributed by atoms with Crippen LogP contribution in [0.3, 0.4) is 0 Å². The monoisotopic (exact) mass is 339 g/mol. The Balaban J connectivity index is 1.71. The van der Waals surface area contributed by atoms with Gasteiger partial charge in [0.2, 0.25) is 0 Å². The molecule has 0 bridgehead atoms. The van der Waals surface area contributed by atoms with Crippen LogP contribution in [0.25, 0.3) is 0 Å². The quantitative estimate of drug-likeness (QED) is 0.435. The number of ether oxygens (including phenoxy) is 1. The van der Waals surface area contributed by atoms with Gasteiger partial charge in [0.25, 0.3) is 0 Å². The van der Waals surface area contributed by atoms with Crippen molar-refractivity contribution in [1.29, 1.82) is 0 Å². The second-order valence-electron chi connectivity index (χ2n) is 6.55. The number of hydrogen-bond acceptors (Lipinski definition) is 2. The van der Waals surface area contributed by atoms with Crippen LogP contribution in [0.2, 0.25) is 0 Å². The third-order valence-electron chi connectivity index (χ3n) is 3.92. The Morgan fingerprint density at radius 1 is 1.33 bits per heavy atom. The van der Waals surface area contributed by atoms with Gasteiger partial charge in [-0.1, -0.05) is 19.9 Å². The second-order valence-corrected chi connectivity index (χ2v) is 6.55. The van der Waals surface area contributed by atoms with E-state index < -0.39 is 11.6 Å². The number of nitrogens with one attached hydrogen (secondary N) is 2. The van der Waals surface area contributed by atoms with Gasteiger partial charge in [-0.3, -0.25) is 4.99 Å². The Hall–Kier alpha value is -1.69. The summed E-state index contributed by atoms with van der Waals surface area (Å²) in [5.41, 5.74) is 0.174. The van der Waals surface area contributed by atoms with Crippen molar-refractivity contribution >= 4 is 5.96 Å². The summed E-state index contributed by atoms with van der Waals surface area (Å²) >= 11 is 0. The Morgan fingerprint density at radius 3 is 2.67 bits per heavy atom. The van der Waals surface area contributed by atoms with Gasteiger partial charge in [-0.15, -0.1) is 0 Å². The lowest BCUT2D eigenvalue weighted by Gasteiger charge is -2.12. The minimum absolute atomic E-state index is 0.0137. The molecule has 134 valence electrons. The van der Waals surface area contributed by atoms with E-state index in [-0.39, 0.29) is 17.5 Å². The highest BCUT2D eigenvalue weighted by Crippen LogP contribution is 2.42. The molecule has 2 atom stereocenters. The van der Waals surface area contributed by atoms with Crippen molar-refractivity contribution in [2.75, 3.05) is 26.8 Å². The number of hydrogen-bond donors (Lipinski definition) is 2. The molecule has 1 aromatic carbocycles. The zero-order chi connectivity index (χ0) is 17.5. The summed E-state index contributed by atoms with van der Waals surface area (Å²) in [6, 6.07) is 4.01. The predicted octanol–water partition coefficient (Wildman–Crippen LogP) is 3.05. The summed E-state index contributed by atoms with van der Waals surface area (Å²) < 4.78 is 33.1. The van der Waals surface area contributed by atoms with E-state index in [9.17, 15) is 8.78 Å². The van der Waals surface area contributed by atoms with Crippen LogP contribution in [0.15, 0.2) is 23.2 Å². The third kappa shape index (κ3) is 5.44. The van der Waals surface area contributed by atoms with Crippen molar-refractivity contribution in [3.05, 3.63) is 35.4 Å². The molecule has 6 heteroatoms. The first-order valence-electron chi connectivity index (χ1n) is 8.51. The lowest BCUT2D eigenvalue weighted by Crippen LogP contribution is -2.39. The van der Waals surface area contributed by atoms with Gasteiger partial charge in [0.1, 0.15) is 11.6 Å². The largest absolute Gasteiger partial charge is 0.381 e. The molecule has 0 amide bonds. The van der Waals surface area contributed by atoms with Gasteiger partial charge in [-0.05, 0) is 30.9 Å². The summed E-state index contributed by atoms with van der Waals surface area (Å²) in [7, 11) is 1.69. The second kappa shape index (κ2) is 8.97. The van der Waals surface area contributed by atoms with Crippen LogP contribution >= 0.6 is 0 Å². The average Bonchev–Trinajstić information content (AvgIpc) is 3.27. The van der Waals surface area contributed by atoms with Gasteiger partial charge in [0.05, 0.1) is 0 Å². The van der Waals surface area contributed by atoms with Gasteiger partial charge >= 0.3 is 0 Å². The molecule has 1 saturated carbocycles. The van der Waals surface area contributed by atoms with Crippen LogP contribution in [0.4, 0.5) is 8.78 Å². The third-order valence-corrected chi connectivity index (χ3v) is 3.92. The molecule has 0 aromatic heterocycles. The van der Waals surface area contributed by atoms with Crippen molar-refractivity contribution in [1.82, 2.24) is 10.6 Å². The zero-order valence-corrected chi connectivity index (χ0v) is 14.6. The molecule has 2 N–H and O–H groups in total. The fraction of sp³-hybridized carbons (Fsp3) is 0.611. The van der Waals surface area contributed by atoms with Crippen molar-refractivity contribution in [2.24, 2.45) is 10.9 Å². The van der Waals surface area contributed by atoms with E-state index in [2.05, 4.69) is 29.5 Å². The van der Waals surface area contributed by atoms with Crippen molar-refractivity contribution in [3.63, 3.8) is 0 Å². The van der Waals surface area contributed by atoms with Crippen molar-refractivity contribution in [3.8, 4) is 0 Å². The lowest BCUT2D eigenvalue weighted by atomic mass is 10.1. The SMILES string of the molecule is CN=C(NCCCOCC(C)C)NC1CC1c1c(F)cccc1F. The minimum Gasteiger partial charge on any atom is -0.381 e. The number of nitrogens with zero attached hydrogens (tertiary/aromatic N) is 1. The Bertz CT molecular complexity index is 543. The number of halogens is 2. The normalized spacial score (nSPS) is 20.3. The molecular formula is C18H27F2N3O. The van der Waals surface area contributed by atoms with Crippen molar-refractivity contribution < 1.29 is 13.5 Å². The first kappa shape index (κ1) is 18.6. The van der Waals surface area contributed by atoms with E-state index in [1.54, 1.807) is 7.05 Å². The number of benzene rings is 1. The van der Waals surface area contributed by atoms with Crippen LogP contribution < -0.4 is 10.6 Å². The standard InChI is InChI=1S/C18H27F2N3O/c1-12(2)11-24-9-5-8-22-18(21-3)23-16-10-13(16)17-14(19)6-4-7-15(17)20/h4,6-7,12-13,16H,5,8-11H2,1-3H3,(H2,21,22,23). The van der Waals surface area contributed by atoms with Crippen LogP contribution in [-0.2, 0) is 4.74 Å². The highest BCUT2D eigenvalue weighted by atomic mass is 19.1. The molecule has 1 fully saturated rings. The summed E-state index contributed by atoms with van der Waals surface area (Å²) in [4.78, 5) is 4.15. The molecule has 0 heterocycles. The average molecular weight is 339 g/mol. The maximum absolute atomic E-state index is 13.8. The fourth-order valence-electron chi connectivity index (χ4n) is 2.61. The van der Waals surface area contributed by atoms with E-state index in [4.69, 9.17) is 4.74 Å². The molecule has 4 nitrogen and oxygen atoms in total. The lowest BCUT2D eigenvalue weighted by molar-refractivity contribution is 0.108. The Morgan fingerprint density at radius 2 is 2.04 bits per heavy atom. The molecule has 2 unspecified atom stereocenters. The number of aliphatic imine (C=N–C) groups is 1. The van der Waals surface area contributed by atoms with E-state index in [1.165, 1.54) is 18.2 Å². The first-order valence-corrected chi connectivity index (χ1v) is 8.51. The van der Waals surface area contributed by atoms with Gasteiger partial charge in [-0.2, -0.15) is 0 Å². The molecule has 0 radical (unpaired) electrons. The van der Waals surface area contributed by atoms with Crippen LogP contribution in [0.5, 0.6) is 0 Å². The van der Waals surface area contributed by atoms with Gasteiger partial charge < -0.3 is 15.4 Å². The van der Waals surface area contributed by atoms with Gasteiger partial charge in [0.15, 0.2) is 5.96 Å². The molecule has 0 spiro atoms. The van der Waals surface area contributed by atoms with E-state index in [1.807, 2.05) is 0 Å². The summed E-state index contributed by atoms with van der Waals surface area (Å²) in [5.74, 6) is 0.101. The van der Waals surface area contributed by atoms with Crippen LogP contribution in [-0.4, -0.2) is 38.8 Å². The predicted molar refractivity (Wildman–Crippen MR) is 92.3 cm³/mol. The highest BCUT2D eigenvalue weighted by Gasteiger charge is 2.42. The summed E-state index contributed by atoms with van der Waals surface area (Å²) in [6.45, 7) is 6.45. The van der Waals surface area contributed by atoms with Gasteiger partial charge in [0, 0.05) is 44.3 Å². The topological polar surface area (TPSA) is 45.7 Å². The van der Waals surface area contributed by atoms with Crippen LogP contribution in [0.1, 0.15) is 38.2 Å². The zero-order valence-electron chi connectivity index (χ0n) is 14.6. The molecule has 2 rings (SSSR count). The molecule has 24 heavy (non-hydrogen) atoms. The molecule has 1 aliphatic rings. The minimum atomic E-state index is -0.477. The summed E-state index contributed by atoms with van der Waals surface area (Å²) in [6.07, 6.45) is 1.58. The maximum atomic E-state index is 13.8. The number of guanidine groups is 1. The summed E-state index contributed by atoms with van der Waals surface area (Å²) in [5, 5.41) is 6.42. The maximum Gasteiger partial charge on any atom is 0.191 e. The van der Waals surface area contributed by atoms with E-state index in [0.29, 0.717) is 24.9 Å². The highest BCUT2D eigenvalue weighted by molar-refractivity contribution is 5.80.